The number of carbonyl (C=O) groups is 2. The molecule has 0 spiro atoms. The Bertz CT molecular complexity index is 1290. The normalized spacial score (nSPS) is 11.1. The van der Waals surface area contributed by atoms with E-state index in [0.717, 1.165) is 22.2 Å². The standard InChI is InChI=1S/C27H28N4O2/c1-18(2)20-13-15-22(16-14-20)28-26(32)25-23-7-5-6-8-24(23)31(29-25)17-19-9-11-21(12-10-19)27(33)30(3)4/h5-16,18H,17H2,1-4H3,(H,28,32). The van der Waals surface area contributed by atoms with Crippen molar-refractivity contribution < 1.29 is 9.59 Å². The lowest BCUT2D eigenvalue weighted by Gasteiger charge is -2.10. The van der Waals surface area contributed by atoms with E-state index in [-0.39, 0.29) is 11.8 Å². The fraction of sp³-hybridized carbons (Fsp3) is 0.222. The monoisotopic (exact) mass is 440 g/mol. The first-order valence-electron chi connectivity index (χ1n) is 11.0. The van der Waals surface area contributed by atoms with Crippen LogP contribution in [0.1, 0.15) is 51.7 Å². The van der Waals surface area contributed by atoms with Crippen LogP contribution in [0.25, 0.3) is 10.9 Å². The van der Waals surface area contributed by atoms with Crippen molar-refractivity contribution in [1.29, 1.82) is 0 Å². The summed E-state index contributed by atoms with van der Waals surface area (Å²) in [5.41, 5.74) is 4.86. The van der Waals surface area contributed by atoms with Gasteiger partial charge >= 0.3 is 0 Å². The molecule has 1 aromatic heterocycles. The molecule has 33 heavy (non-hydrogen) atoms. The lowest BCUT2D eigenvalue weighted by atomic mass is 10.0. The number of para-hydroxylation sites is 1. The van der Waals surface area contributed by atoms with Crippen molar-refractivity contribution in [2.75, 3.05) is 19.4 Å². The summed E-state index contributed by atoms with van der Waals surface area (Å²) < 4.78 is 1.83. The molecular weight excluding hydrogens is 412 g/mol. The van der Waals surface area contributed by atoms with Gasteiger partial charge in [0.1, 0.15) is 0 Å². The molecule has 6 heteroatoms. The van der Waals surface area contributed by atoms with Gasteiger partial charge in [-0.1, -0.05) is 56.3 Å². The highest BCUT2D eigenvalue weighted by atomic mass is 16.2. The minimum Gasteiger partial charge on any atom is -0.345 e. The highest BCUT2D eigenvalue weighted by molar-refractivity contribution is 6.11. The summed E-state index contributed by atoms with van der Waals surface area (Å²) in [5.74, 6) is 0.158. The van der Waals surface area contributed by atoms with E-state index >= 15 is 0 Å². The van der Waals surface area contributed by atoms with Crippen LogP contribution in [-0.2, 0) is 6.54 Å². The first-order chi connectivity index (χ1) is 15.8. The third kappa shape index (κ3) is 4.80. The predicted octanol–water partition coefficient (Wildman–Crippen LogP) is 5.16. The van der Waals surface area contributed by atoms with Crippen LogP contribution in [0.4, 0.5) is 5.69 Å². The lowest BCUT2D eigenvalue weighted by molar-refractivity contribution is 0.0827. The molecule has 0 fully saturated rings. The van der Waals surface area contributed by atoms with Crippen LogP contribution in [0.15, 0.2) is 72.8 Å². The Balaban J connectivity index is 1.58. The maximum Gasteiger partial charge on any atom is 0.276 e. The van der Waals surface area contributed by atoms with Gasteiger partial charge in [-0.05, 0) is 47.4 Å². The SMILES string of the molecule is CC(C)c1ccc(NC(=O)c2nn(Cc3ccc(C(=O)N(C)C)cc3)c3ccccc23)cc1. The van der Waals surface area contributed by atoms with E-state index in [9.17, 15) is 9.59 Å². The number of benzene rings is 3. The van der Waals surface area contributed by atoms with Crippen LogP contribution < -0.4 is 5.32 Å². The van der Waals surface area contributed by atoms with Crippen LogP contribution >= 0.6 is 0 Å². The number of hydrogen-bond donors (Lipinski definition) is 1. The van der Waals surface area contributed by atoms with Crippen LogP contribution in [0.3, 0.4) is 0 Å². The van der Waals surface area contributed by atoms with Crippen molar-refractivity contribution in [3.05, 3.63) is 95.2 Å². The topological polar surface area (TPSA) is 67.2 Å². The molecule has 0 bridgehead atoms. The summed E-state index contributed by atoms with van der Waals surface area (Å²) in [6, 6.07) is 23.1. The predicted molar refractivity (Wildman–Crippen MR) is 132 cm³/mol. The molecular formula is C27H28N4O2. The molecule has 3 aromatic carbocycles. The van der Waals surface area contributed by atoms with Crippen LogP contribution in [-0.4, -0.2) is 40.6 Å². The average molecular weight is 441 g/mol. The van der Waals surface area contributed by atoms with Crippen molar-refractivity contribution in [1.82, 2.24) is 14.7 Å². The number of hydrogen-bond acceptors (Lipinski definition) is 3. The van der Waals surface area contributed by atoms with Gasteiger partial charge in [0.2, 0.25) is 0 Å². The number of nitrogens with one attached hydrogen (secondary N) is 1. The molecule has 1 N–H and O–H groups in total. The molecule has 4 rings (SSSR count). The van der Waals surface area contributed by atoms with E-state index in [1.807, 2.05) is 77.5 Å². The van der Waals surface area contributed by atoms with E-state index in [1.165, 1.54) is 5.56 Å². The zero-order valence-corrected chi connectivity index (χ0v) is 19.4. The Morgan fingerprint density at radius 1 is 0.939 bits per heavy atom. The number of anilines is 1. The second-order valence-corrected chi connectivity index (χ2v) is 8.65. The van der Waals surface area contributed by atoms with E-state index in [0.29, 0.717) is 23.7 Å². The number of amides is 2. The molecule has 6 nitrogen and oxygen atoms in total. The van der Waals surface area contributed by atoms with E-state index in [4.69, 9.17) is 0 Å². The molecule has 0 saturated heterocycles. The minimum atomic E-state index is -0.242. The molecule has 0 atom stereocenters. The molecule has 0 aliphatic carbocycles. The second kappa shape index (κ2) is 9.28. The van der Waals surface area contributed by atoms with Gasteiger partial charge in [0.15, 0.2) is 5.69 Å². The molecule has 168 valence electrons. The summed E-state index contributed by atoms with van der Waals surface area (Å²) in [5, 5.41) is 8.41. The van der Waals surface area contributed by atoms with Crippen molar-refractivity contribution in [3.63, 3.8) is 0 Å². The zero-order valence-electron chi connectivity index (χ0n) is 19.4. The van der Waals surface area contributed by atoms with Gasteiger partial charge in [0, 0.05) is 30.7 Å². The molecule has 0 radical (unpaired) electrons. The quantitative estimate of drug-likeness (QED) is 0.450. The van der Waals surface area contributed by atoms with Gasteiger partial charge in [-0.15, -0.1) is 0 Å². The second-order valence-electron chi connectivity index (χ2n) is 8.65. The number of fused-ring (bicyclic) bond motifs is 1. The molecule has 2 amide bonds. The molecule has 0 saturated carbocycles. The average Bonchev–Trinajstić information content (AvgIpc) is 3.18. The highest BCUT2D eigenvalue weighted by Crippen LogP contribution is 2.22. The maximum absolute atomic E-state index is 13.1. The third-order valence-electron chi connectivity index (χ3n) is 5.65. The number of aromatic nitrogens is 2. The Hall–Kier alpha value is -3.93. The van der Waals surface area contributed by atoms with Crippen LogP contribution in [0.2, 0.25) is 0 Å². The summed E-state index contributed by atoms with van der Waals surface area (Å²) in [6.45, 7) is 4.77. The third-order valence-corrected chi connectivity index (χ3v) is 5.65. The van der Waals surface area contributed by atoms with E-state index in [1.54, 1.807) is 19.0 Å². The smallest absolute Gasteiger partial charge is 0.276 e. The molecule has 0 aliphatic rings. The van der Waals surface area contributed by atoms with Crippen molar-refractivity contribution in [2.45, 2.75) is 26.3 Å². The van der Waals surface area contributed by atoms with Crippen molar-refractivity contribution in [2.24, 2.45) is 0 Å². The summed E-state index contributed by atoms with van der Waals surface area (Å²) in [7, 11) is 3.47. The van der Waals surface area contributed by atoms with Crippen LogP contribution in [0, 0.1) is 0 Å². The maximum atomic E-state index is 13.1. The fourth-order valence-corrected chi connectivity index (χ4v) is 3.74. The highest BCUT2D eigenvalue weighted by Gasteiger charge is 2.18. The van der Waals surface area contributed by atoms with Crippen molar-refractivity contribution in [3.8, 4) is 0 Å². The zero-order chi connectivity index (χ0) is 23.5. The molecule has 0 aliphatic heterocycles. The molecule has 4 aromatic rings. The van der Waals surface area contributed by atoms with Crippen LogP contribution in [0.5, 0.6) is 0 Å². The number of rotatable bonds is 6. The Morgan fingerprint density at radius 3 is 2.24 bits per heavy atom. The largest absolute Gasteiger partial charge is 0.345 e. The number of nitrogens with zero attached hydrogens (tertiary/aromatic N) is 3. The summed E-state index contributed by atoms with van der Waals surface area (Å²) >= 11 is 0. The van der Waals surface area contributed by atoms with Crippen molar-refractivity contribution >= 4 is 28.4 Å². The summed E-state index contributed by atoms with van der Waals surface area (Å²) in [6.07, 6.45) is 0. The van der Waals surface area contributed by atoms with E-state index in [2.05, 4.69) is 24.3 Å². The molecule has 0 unspecified atom stereocenters. The first-order valence-corrected chi connectivity index (χ1v) is 11.0. The lowest BCUT2D eigenvalue weighted by Crippen LogP contribution is -2.21. The summed E-state index contributed by atoms with van der Waals surface area (Å²) in [4.78, 5) is 26.8. The number of carbonyl (C=O) groups excluding carboxylic acids is 2. The van der Waals surface area contributed by atoms with E-state index < -0.39 is 0 Å². The molecule has 1 heterocycles. The Kier molecular flexibility index (Phi) is 6.27. The Labute approximate surface area is 193 Å². The van der Waals surface area contributed by atoms with Gasteiger partial charge in [0.05, 0.1) is 12.1 Å². The van der Waals surface area contributed by atoms with Gasteiger partial charge < -0.3 is 10.2 Å². The van der Waals surface area contributed by atoms with Gasteiger partial charge in [-0.3, -0.25) is 14.3 Å². The van der Waals surface area contributed by atoms with Gasteiger partial charge in [0.25, 0.3) is 11.8 Å². The van der Waals surface area contributed by atoms with Gasteiger partial charge in [-0.2, -0.15) is 5.10 Å². The Morgan fingerprint density at radius 2 is 1.61 bits per heavy atom. The minimum absolute atomic E-state index is 0.0357. The van der Waals surface area contributed by atoms with Gasteiger partial charge in [-0.25, -0.2) is 0 Å². The first kappa shape index (κ1) is 22.3. The fourth-order valence-electron chi connectivity index (χ4n) is 3.74.